The molecule has 1 aromatic carbocycles. The summed E-state index contributed by atoms with van der Waals surface area (Å²) in [6.45, 7) is 5.98. The number of aromatic nitrogens is 3. The molecular weight excluding hydrogens is 304 g/mol. The third-order valence-corrected chi connectivity index (χ3v) is 3.65. The van der Waals surface area contributed by atoms with Gasteiger partial charge in [0.25, 0.3) is 5.91 Å². The summed E-state index contributed by atoms with van der Waals surface area (Å²) in [4.78, 5) is 25.4. The van der Waals surface area contributed by atoms with Gasteiger partial charge >= 0.3 is 6.01 Å². The fourth-order valence-corrected chi connectivity index (χ4v) is 2.53. The topological polar surface area (TPSA) is 77.0 Å². The number of anilines is 1. The lowest BCUT2D eigenvalue weighted by molar-refractivity contribution is 0.102. The Hall–Kier alpha value is -3.02. The lowest BCUT2D eigenvalue weighted by Crippen LogP contribution is -2.17. The Morgan fingerprint density at radius 2 is 1.83 bits per heavy atom. The van der Waals surface area contributed by atoms with Gasteiger partial charge in [-0.1, -0.05) is 24.3 Å². The molecule has 1 N–H and O–H groups in total. The van der Waals surface area contributed by atoms with Crippen LogP contribution in [-0.4, -0.2) is 27.5 Å². The Bertz CT molecular complexity index is 880. The number of carbonyl (C=O) groups is 1. The van der Waals surface area contributed by atoms with Gasteiger partial charge in [-0.05, 0) is 32.2 Å². The van der Waals surface area contributed by atoms with E-state index in [1.54, 1.807) is 6.20 Å². The number of ether oxygens (including phenoxy) is 1. The van der Waals surface area contributed by atoms with Gasteiger partial charge in [-0.3, -0.25) is 9.78 Å². The third-order valence-electron chi connectivity index (χ3n) is 3.65. The maximum absolute atomic E-state index is 12.7. The average molecular weight is 322 g/mol. The van der Waals surface area contributed by atoms with E-state index in [9.17, 15) is 4.79 Å². The highest BCUT2D eigenvalue weighted by Crippen LogP contribution is 2.22. The second-order valence-electron chi connectivity index (χ2n) is 5.32. The van der Waals surface area contributed by atoms with Crippen LogP contribution in [0.5, 0.6) is 6.01 Å². The standard InChI is InChI=1S/C18H18N4O2/c1-4-24-18-20-11(2)15(12(3)21-18)22-17(23)16-14-8-6-5-7-13(14)9-10-19-16/h5-10H,4H2,1-3H3,(H,22,23). The molecule has 0 spiro atoms. The van der Waals surface area contributed by atoms with Crippen LogP contribution in [0.15, 0.2) is 36.5 Å². The Kier molecular flexibility index (Phi) is 4.37. The fourth-order valence-electron chi connectivity index (χ4n) is 2.53. The molecule has 1 amide bonds. The number of carbonyl (C=O) groups excluding carboxylic acids is 1. The van der Waals surface area contributed by atoms with Crippen LogP contribution in [0.1, 0.15) is 28.8 Å². The Balaban J connectivity index is 1.95. The van der Waals surface area contributed by atoms with E-state index in [1.165, 1.54) is 0 Å². The van der Waals surface area contributed by atoms with Crippen molar-refractivity contribution in [3.63, 3.8) is 0 Å². The van der Waals surface area contributed by atoms with E-state index >= 15 is 0 Å². The Labute approximate surface area is 139 Å². The van der Waals surface area contributed by atoms with E-state index < -0.39 is 0 Å². The molecular formula is C18H18N4O2. The average Bonchev–Trinajstić information content (AvgIpc) is 2.58. The molecule has 0 unspecified atom stereocenters. The predicted octanol–water partition coefficient (Wildman–Crippen LogP) is 3.29. The van der Waals surface area contributed by atoms with Crippen molar-refractivity contribution in [2.45, 2.75) is 20.8 Å². The monoisotopic (exact) mass is 322 g/mol. The number of nitrogens with one attached hydrogen (secondary N) is 1. The highest BCUT2D eigenvalue weighted by atomic mass is 16.5. The Morgan fingerprint density at radius 1 is 1.12 bits per heavy atom. The van der Waals surface area contributed by atoms with Crippen LogP contribution in [-0.2, 0) is 0 Å². The first kappa shape index (κ1) is 15.9. The number of hydrogen-bond acceptors (Lipinski definition) is 5. The van der Waals surface area contributed by atoms with Gasteiger partial charge < -0.3 is 10.1 Å². The van der Waals surface area contributed by atoms with Gasteiger partial charge in [-0.25, -0.2) is 0 Å². The molecule has 122 valence electrons. The van der Waals surface area contributed by atoms with Crippen LogP contribution < -0.4 is 10.1 Å². The van der Waals surface area contributed by atoms with E-state index in [4.69, 9.17) is 4.74 Å². The molecule has 0 aliphatic carbocycles. The first-order valence-corrected chi connectivity index (χ1v) is 7.73. The number of nitrogens with zero attached hydrogens (tertiary/aromatic N) is 3. The van der Waals surface area contributed by atoms with Crippen molar-refractivity contribution < 1.29 is 9.53 Å². The van der Waals surface area contributed by atoms with Crippen molar-refractivity contribution in [2.75, 3.05) is 11.9 Å². The van der Waals surface area contributed by atoms with Crippen LogP contribution in [0.2, 0.25) is 0 Å². The lowest BCUT2D eigenvalue weighted by Gasteiger charge is -2.12. The van der Waals surface area contributed by atoms with Crippen molar-refractivity contribution >= 4 is 22.4 Å². The van der Waals surface area contributed by atoms with Gasteiger partial charge in [0.05, 0.1) is 23.7 Å². The van der Waals surface area contributed by atoms with E-state index in [2.05, 4.69) is 20.3 Å². The fraction of sp³-hybridized carbons (Fsp3) is 0.222. The molecule has 0 radical (unpaired) electrons. The smallest absolute Gasteiger partial charge is 0.316 e. The summed E-state index contributed by atoms with van der Waals surface area (Å²) < 4.78 is 5.32. The molecule has 2 aromatic heterocycles. The normalized spacial score (nSPS) is 10.6. The highest BCUT2D eigenvalue weighted by Gasteiger charge is 2.16. The zero-order chi connectivity index (χ0) is 17.1. The van der Waals surface area contributed by atoms with Crippen LogP contribution in [0.25, 0.3) is 10.8 Å². The quantitative estimate of drug-likeness (QED) is 0.797. The molecule has 0 aliphatic heterocycles. The molecule has 2 heterocycles. The van der Waals surface area contributed by atoms with Gasteiger partial charge in [0.2, 0.25) is 0 Å². The maximum atomic E-state index is 12.7. The number of pyridine rings is 1. The summed E-state index contributed by atoms with van der Waals surface area (Å²) >= 11 is 0. The van der Waals surface area contributed by atoms with Gasteiger partial charge in [0.1, 0.15) is 5.69 Å². The molecule has 0 saturated carbocycles. The van der Waals surface area contributed by atoms with Crippen LogP contribution >= 0.6 is 0 Å². The first-order valence-electron chi connectivity index (χ1n) is 7.73. The predicted molar refractivity (Wildman–Crippen MR) is 92.4 cm³/mol. The van der Waals surface area contributed by atoms with Crippen LogP contribution in [0.3, 0.4) is 0 Å². The number of benzene rings is 1. The molecule has 0 bridgehead atoms. The largest absolute Gasteiger partial charge is 0.464 e. The van der Waals surface area contributed by atoms with E-state index in [-0.39, 0.29) is 5.91 Å². The van der Waals surface area contributed by atoms with E-state index in [1.807, 2.05) is 51.1 Å². The molecule has 0 atom stereocenters. The first-order chi connectivity index (χ1) is 11.6. The van der Waals surface area contributed by atoms with Crippen molar-refractivity contribution in [3.05, 3.63) is 53.6 Å². The summed E-state index contributed by atoms with van der Waals surface area (Å²) in [5, 5.41) is 4.65. The molecule has 3 rings (SSSR count). The highest BCUT2D eigenvalue weighted by molar-refractivity contribution is 6.11. The summed E-state index contributed by atoms with van der Waals surface area (Å²) in [5.41, 5.74) is 2.26. The summed E-state index contributed by atoms with van der Waals surface area (Å²) in [6.07, 6.45) is 1.63. The molecule has 0 fully saturated rings. The van der Waals surface area contributed by atoms with Gasteiger partial charge in [0, 0.05) is 11.6 Å². The minimum Gasteiger partial charge on any atom is -0.464 e. The minimum absolute atomic E-state index is 0.286. The van der Waals surface area contributed by atoms with Crippen molar-refractivity contribution in [1.29, 1.82) is 0 Å². The number of rotatable bonds is 4. The third kappa shape index (κ3) is 3.03. The van der Waals surface area contributed by atoms with Gasteiger partial charge in [-0.15, -0.1) is 0 Å². The SMILES string of the molecule is CCOc1nc(C)c(NC(=O)c2nccc3ccccc23)c(C)n1. The van der Waals surface area contributed by atoms with Crippen LogP contribution in [0, 0.1) is 13.8 Å². The second-order valence-corrected chi connectivity index (χ2v) is 5.32. The summed E-state index contributed by atoms with van der Waals surface area (Å²) in [6, 6.07) is 9.84. The summed E-state index contributed by atoms with van der Waals surface area (Å²) in [5.74, 6) is -0.286. The molecule has 6 heteroatoms. The molecule has 0 aliphatic rings. The zero-order valence-electron chi connectivity index (χ0n) is 13.8. The number of aryl methyl sites for hydroxylation is 2. The Morgan fingerprint density at radius 3 is 2.54 bits per heavy atom. The lowest BCUT2D eigenvalue weighted by atomic mass is 10.1. The van der Waals surface area contributed by atoms with E-state index in [0.717, 1.165) is 10.8 Å². The van der Waals surface area contributed by atoms with Gasteiger partial charge in [0.15, 0.2) is 0 Å². The zero-order valence-corrected chi connectivity index (χ0v) is 13.8. The maximum Gasteiger partial charge on any atom is 0.316 e. The molecule has 6 nitrogen and oxygen atoms in total. The number of fused-ring (bicyclic) bond motifs is 1. The summed E-state index contributed by atoms with van der Waals surface area (Å²) in [7, 11) is 0. The number of amides is 1. The molecule has 0 saturated heterocycles. The van der Waals surface area contributed by atoms with Crippen molar-refractivity contribution in [2.24, 2.45) is 0 Å². The minimum atomic E-state index is -0.286. The second kappa shape index (κ2) is 6.62. The van der Waals surface area contributed by atoms with Crippen LogP contribution in [0.4, 0.5) is 5.69 Å². The van der Waals surface area contributed by atoms with E-state index in [0.29, 0.717) is 35.4 Å². The van der Waals surface area contributed by atoms with Crippen molar-refractivity contribution in [3.8, 4) is 6.01 Å². The molecule has 3 aromatic rings. The van der Waals surface area contributed by atoms with Gasteiger partial charge in [-0.2, -0.15) is 9.97 Å². The molecule has 24 heavy (non-hydrogen) atoms. The van der Waals surface area contributed by atoms with Crippen molar-refractivity contribution in [1.82, 2.24) is 15.0 Å². The number of hydrogen-bond donors (Lipinski definition) is 1.